The molecule has 6 heteroatoms. The van der Waals surface area contributed by atoms with Crippen molar-refractivity contribution < 1.29 is 29.6 Å². The lowest BCUT2D eigenvalue weighted by Gasteiger charge is -2.66. The average Bonchev–Trinajstić information content (AvgIpc) is 2.63. The third-order valence-corrected chi connectivity index (χ3v) is 8.11. The van der Waals surface area contributed by atoms with Gasteiger partial charge in [0.15, 0.2) is 0 Å². The topological polar surface area (TPSA) is 96.2 Å². The Morgan fingerprint density at radius 1 is 1.26 bits per heavy atom. The Labute approximate surface area is 161 Å². The van der Waals surface area contributed by atoms with Crippen LogP contribution in [0.3, 0.4) is 0 Å². The van der Waals surface area contributed by atoms with Crippen LogP contribution in [0.4, 0.5) is 0 Å². The van der Waals surface area contributed by atoms with Crippen molar-refractivity contribution in [3.63, 3.8) is 0 Å². The predicted molar refractivity (Wildman–Crippen MR) is 99.8 cm³/mol. The summed E-state index contributed by atoms with van der Waals surface area (Å²) in [5.74, 6) is -0.723. The lowest BCUT2D eigenvalue weighted by atomic mass is 9.43. The third-order valence-electron chi connectivity index (χ3n) is 8.11. The van der Waals surface area contributed by atoms with Gasteiger partial charge in [0.25, 0.3) is 0 Å². The van der Waals surface area contributed by atoms with Crippen LogP contribution >= 0.6 is 0 Å². The fourth-order valence-corrected chi connectivity index (χ4v) is 6.85. The van der Waals surface area contributed by atoms with Crippen LogP contribution in [0.15, 0.2) is 12.7 Å². The Morgan fingerprint density at radius 2 is 1.93 bits per heavy atom. The summed E-state index contributed by atoms with van der Waals surface area (Å²) in [7, 11) is 1.36. The fourth-order valence-electron chi connectivity index (χ4n) is 6.85. The van der Waals surface area contributed by atoms with Crippen LogP contribution in [0.25, 0.3) is 0 Å². The number of carbonyl (C=O) groups is 1. The number of esters is 1. The zero-order valence-corrected chi connectivity index (χ0v) is 16.9. The molecule has 154 valence electrons. The van der Waals surface area contributed by atoms with Gasteiger partial charge in [0.1, 0.15) is 5.60 Å². The number of aliphatic hydroxyl groups excluding tert-OH is 3. The number of rotatable bonds is 3. The molecule has 1 aliphatic heterocycles. The van der Waals surface area contributed by atoms with Crippen LogP contribution in [-0.4, -0.2) is 58.4 Å². The SMILES string of the molecule is C=C[C@]1(CO)C[C@@H](O)C2[C@]3(C)CC[C@@H](O)[C@](C)(C(=O)OC)C3CC[C@]2(C)O1. The molecular weight excluding hydrogens is 348 g/mol. The van der Waals surface area contributed by atoms with Crippen molar-refractivity contribution in [1.82, 2.24) is 0 Å². The molecule has 0 spiro atoms. The van der Waals surface area contributed by atoms with E-state index in [4.69, 9.17) is 9.47 Å². The van der Waals surface area contributed by atoms with Crippen molar-refractivity contribution in [2.24, 2.45) is 22.7 Å². The molecule has 2 unspecified atom stereocenters. The number of methoxy groups -OCH3 is 1. The van der Waals surface area contributed by atoms with E-state index in [0.717, 1.165) is 0 Å². The maximum atomic E-state index is 12.7. The second kappa shape index (κ2) is 6.55. The van der Waals surface area contributed by atoms with Gasteiger partial charge in [-0.2, -0.15) is 0 Å². The van der Waals surface area contributed by atoms with E-state index in [1.807, 2.05) is 6.92 Å². The van der Waals surface area contributed by atoms with Gasteiger partial charge in [0, 0.05) is 12.3 Å². The summed E-state index contributed by atoms with van der Waals surface area (Å²) in [6.45, 7) is 9.48. The number of hydrogen-bond acceptors (Lipinski definition) is 6. The molecule has 6 nitrogen and oxygen atoms in total. The maximum absolute atomic E-state index is 12.7. The summed E-state index contributed by atoms with van der Waals surface area (Å²) in [5, 5.41) is 31.8. The van der Waals surface area contributed by atoms with Gasteiger partial charge in [0.05, 0.1) is 36.9 Å². The van der Waals surface area contributed by atoms with E-state index < -0.39 is 40.2 Å². The normalized spacial score (nSPS) is 52.4. The van der Waals surface area contributed by atoms with Gasteiger partial charge in [-0.05, 0) is 50.9 Å². The van der Waals surface area contributed by atoms with E-state index in [0.29, 0.717) is 25.7 Å². The molecule has 2 saturated carbocycles. The minimum Gasteiger partial charge on any atom is -0.469 e. The van der Waals surface area contributed by atoms with E-state index >= 15 is 0 Å². The number of aliphatic hydroxyl groups is 3. The molecule has 3 N–H and O–H groups in total. The molecular formula is C21H34O6. The van der Waals surface area contributed by atoms with Crippen LogP contribution < -0.4 is 0 Å². The van der Waals surface area contributed by atoms with E-state index in [1.165, 1.54) is 7.11 Å². The van der Waals surface area contributed by atoms with Gasteiger partial charge in [0.2, 0.25) is 0 Å². The molecule has 0 aromatic rings. The average molecular weight is 382 g/mol. The van der Waals surface area contributed by atoms with Crippen molar-refractivity contribution in [1.29, 1.82) is 0 Å². The summed E-state index contributed by atoms with van der Waals surface area (Å²) >= 11 is 0. The molecule has 3 aliphatic rings. The Morgan fingerprint density at radius 3 is 2.48 bits per heavy atom. The second-order valence-corrected chi connectivity index (χ2v) is 9.52. The number of hydrogen-bond donors (Lipinski definition) is 3. The summed E-state index contributed by atoms with van der Waals surface area (Å²) in [6.07, 6.45) is 2.89. The molecule has 8 atom stereocenters. The molecule has 0 radical (unpaired) electrons. The van der Waals surface area contributed by atoms with Crippen molar-refractivity contribution in [3.8, 4) is 0 Å². The molecule has 3 rings (SSSR count). The Bertz CT molecular complexity index is 622. The van der Waals surface area contributed by atoms with Crippen LogP contribution in [0.2, 0.25) is 0 Å². The zero-order valence-electron chi connectivity index (χ0n) is 16.9. The van der Waals surface area contributed by atoms with Crippen LogP contribution in [0.5, 0.6) is 0 Å². The quantitative estimate of drug-likeness (QED) is 0.509. The molecule has 1 heterocycles. The molecule has 0 aromatic heterocycles. The van der Waals surface area contributed by atoms with Gasteiger partial charge in [-0.15, -0.1) is 6.58 Å². The molecule has 0 amide bonds. The first-order valence-corrected chi connectivity index (χ1v) is 9.92. The van der Waals surface area contributed by atoms with E-state index in [9.17, 15) is 20.1 Å². The summed E-state index contributed by atoms with van der Waals surface area (Å²) in [4.78, 5) is 12.7. The maximum Gasteiger partial charge on any atom is 0.314 e. The summed E-state index contributed by atoms with van der Waals surface area (Å²) < 4.78 is 11.5. The Hall–Kier alpha value is -0.950. The molecule has 0 bridgehead atoms. The second-order valence-electron chi connectivity index (χ2n) is 9.52. The highest BCUT2D eigenvalue weighted by Crippen LogP contribution is 2.65. The molecule has 27 heavy (non-hydrogen) atoms. The number of carbonyl (C=O) groups excluding carboxylic acids is 1. The Kier molecular flexibility index (Phi) is 5.04. The lowest BCUT2D eigenvalue weighted by molar-refractivity contribution is -0.299. The van der Waals surface area contributed by atoms with Crippen LogP contribution in [0, 0.1) is 22.7 Å². The van der Waals surface area contributed by atoms with Crippen molar-refractivity contribution in [3.05, 3.63) is 12.7 Å². The fraction of sp³-hybridized carbons (Fsp3) is 0.857. The third kappa shape index (κ3) is 2.71. The highest BCUT2D eigenvalue weighted by Gasteiger charge is 2.68. The molecule has 3 fully saturated rings. The van der Waals surface area contributed by atoms with Crippen molar-refractivity contribution in [2.75, 3.05) is 13.7 Å². The van der Waals surface area contributed by atoms with Crippen LogP contribution in [-0.2, 0) is 14.3 Å². The van der Waals surface area contributed by atoms with Gasteiger partial charge < -0.3 is 24.8 Å². The van der Waals surface area contributed by atoms with Gasteiger partial charge in [-0.25, -0.2) is 0 Å². The summed E-state index contributed by atoms with van der Waals surface area (Å²) in [5.41, 5.74) is -2.99. The highest BCUT2D eigenvalue weighted by molar-refractivity contribution is 5.78. The highest BCUT2D eigenvalue weighted by atomic mass is 16.5. The first kappa shape index (κ1) is 20.8. The van der Waals surface area contributed by atoms with Gasteiger partial charge in [-0.1, -0.05) is 13.0 Å². The number of fused-ring (bicyclic) bond motifs is 3. The molecule has 0 aromatic carbocycles. The minimum absolute atomic E-state index is 0.122. The van der Waals surface area contributed by atoms with Crippen molar-refractivity contribution >= 4 is 5.97 Å². The Balaban J connectivity index is 2.05. The first-order valence-electron chi connectivity index (χ1n) is 9.92. The van der Waals surface area contributed by atoms with Gasteiger partial charge in [-0.3, -0.25) is 4.79 Å². The standard InChI is InChI=1S/C21H34O6/c1-6-21(12-22)11-13(23)16-18(2)9-8-15(24)20(4,17(25)26-5)14(18)7-10-19(16,3)27-21/h6,13-16,22-24H,1,7-12H2,2-5H3/t13-,14?,15-,16?,18-,19+,20-,21-/m1/s1. The minimum atomic E-state index is -1.01. The zero-order chi connectivity index (χ0) is 20.3. The summed E-state index contributed by atoms with van der Waals surface area (Å²) in [6, 6.07) is 0. The van der Waals surface area contributed by atoms with Crippen molar-refractivity contribution in [2.45, 2.75) is 76.3 Å². The lowest BCUT2D eigenvalue weighted by Crippen LogP contribution is -2.70. The predicted octanol–water partition coefficient (Wildman–Crippen LogP) is 1.81. The van der Waals surface area contributed by atoms with E-state index in [1.54, 1.807) is 13.0 Å². The molecule has 1 saturated heterocycles. The monoisotopic (exact) mass is 382 g/mol. The first-order chi connectivity index (χ1) is 12.5. The number of ether oxygens (including phenoxy) is 2. The van der Waals surface area contributed by atoms with Crippen LogP contribution in [0.1, 0.15) is 52.9 Å². The smallest absolute Gasteiger partial charge is 0.314 e. The molecule has 2 aliphatic carbocycles. The van der Waals surface area contributed by atoms with E-state index in [2.05, 4.69) is 13.5 Å². The largest absolute Gasteiger partial charge is 0.469 e. The van der Waals surface area contributed by atoms with Gasteiger partial charge >= 0.3 is 5.97 Å². The van der Waals surface area contributed by atoms with E-state index in [-0.39, 0.29) is 24.9 Å².